The van der Waals surface area contributed by atoms with Gasteiger partial charge in [-0.2, -0.15) is 0 Å². The number of para-hydroxylation sites is 1. The number of anilines is 1. The Morgan fingerprint density at radius 2 is 1.84 bits per heavy atom. The van der Waals surface area contributed by atoms with Gasteiger partial charge in [0.25, 0.3) is 0 Å². The van der Waals surface area contributed by atoms with E-state index in [9.17, 15) is 4.79 Å². The van der Waals surface area contributed by atoms with Gasteiger partial charge in [0, 0.05) is 31.2 Å². The molecule has 4 rings (SSSR count). The highest BCUT2D eigenvalue weighted by Gasteiger charge is 2.26. The van der Waals surface area contributed by atoms with Gasteiger partial charge >= 0.3 is 0 Å². The largest absolute Gasteiger partial charge is 0.369 e. The lowest BCUT2D eigenvalue weighted by Crippen LogP contribution is -2.48. The summed E-state index contributed by atoms with van der Waals surface area (Å²) in [4.78, 5) is 15.0. The lowest BCUT2D eigenvalue weighted by Gasteiger charge is -2.35. The van der Waals surface area contributed by atoms with Crippen LogP contribution in [0.2, 0.25) is 0 Å². The number of hydrogen-bond acceptors (Lipinski definition) is 2. The molecule has 130 valence electrons. The second kappa shape index (κ2) is 7.30. The fourth-order valence-electron chi connectivity index (χ4n) is 4.34. The van der Waals surface area contributed by atoms with Crippen LogP contribution in [0.3, 0.4) is 0 Å². The quantitative estimate of drug-likeness (QED) is 0.920. The van der Waals surface area contributed by atoms with Gasteiger partial charge in [0.1, 0.15) is 0 Å². The van der Waals surface area contributed by atoms with Crippen LogP contribution in [-0.4, -0.2) is 25.0 Å². The predicted octanol–water partition coefficient (Wildman–Crippen LogP) is 3.89. The van der Waals surface area contributed by atoms with Crippen molar-refractivity contribution in [2.75, 3.05) is 18.0 Å². The van der Waals surface area contributed by atoms with Crippen LogP contribution >= 0.6 is 0 Å². The molecule has 1 N–H and O–H groups in total. The van der Waals surface area contributed by atoms with Gasteiger partial charge in [-0.25, -0.2) is 0 Å². The van der Waals surface area contributed by atoms with Gasteiger partial charge in [0.2, 0.25) is 5.91 Å². The molecule has 25 heavy (non-hydrogen) atoms. The van der Waals surface area contributed by atoms with Crippen LogP contribution in [0.5, 0.6) is 0 Å². The van der Waals surface area contributed by atoms with Crippen molar-refractivity contribution in [1.29, 1.82) is 0 Å². The first-order valence-corrected chi connectivity index (χ1v) is 9.47. The van der Waals surface area contributed by atoms with Gasteiger partial charge < -0.3 is 10.2 Å². The van der Waals surface area contributed by atoms with E-state index in [-0.39, 0.29) is 11.9 Å². The molecule has 2 aromatic carbocycles. The molecule has 0 spiro atoms. The molecule has 0 aromatic heterocycles. The van der Waals surface area contributed by atoms with Gasteiger partial charge in [-0.1, -0.05) is 42.5 Å². The molecule has 1 aliphatic carbocycles. The van der Waals surface area contributed by atoms with Crippen LogP contribution in [0, 0.1) is 0 Å². The van der Waals surface area contributed by atoms with Gasteiger partial charge in [-0.05, 0) is 54.9 Å². The minimum Gasteiger partial charge on any atom is -0.369 e. The molecule has 1 fully saturated rings. The van der Waals surface area contributed by atoms with E-state index in [2.05, 4.69) is 58.7 Å². The smallest absolute Gasteiger partial charge is 0.220 e. The highest BCUT2D eigenvalue weighted by molar-refractivity contribution is 5.77. The van der Waals surface area contributed by atoms with Crippen LogP contribution in [0.25, 0.3) is 0 Å². The van der Waals surface area contributed by atoms with E-state index in [0.29, 0.717) is 12.3 Å². The number of amides is 1. The second-order valence-electron chi connectivity index (χ2n) is 7.33. The number of carbonyl (C=O) groups is 1. The Balaban J connectivity index is 1.34. The Morgan fingerprint density at radius 3 is 2.72 bits per heavy atom. The molecule has 2 unspecified atom stereocenters. The van der Waals surface area contributed by atoms with Crippen LogP contribution in [0.4, 0.5) is 5.69 Å². The number of hydrogen-bond donors (Lipinski definition) is 1. The summed E-state index contributed by atoms with van der Waals surface area (Å²) in [7, 11) is 0. The van der Waals surface area contributed by atoms with Crippen molar-refractivity contribution in [3.05, 3.63) is 65.7 Å². The first-order chi connectivity index (χ1) is 12.3. The van der Waals surface area contributed by atoms with E-state index in [4.69, 9.17) is 0 Å². The predicted molar refractivity (Wildman–Crippen MR) is 102 cm³/mol. The van der Waals surface area contributed by atoms with Crippen molar-refractivity contribution >= 4 is 11.6 Å². The minimum absolute atomic E-state index is 0.210. The van der Waals surface area contributed by atoms with E-state index >= 15 is 0 Å². The molecule has 2 atom stereocenters. The maximum atomic E-state index is 12.6. The fourth-order valence-corrected chi connectivity index (χ4v) is 4.34. The average Bonchev–Trinajstić information content (AvgIpc) is 3.06. The zero-order valence-electron chi connectivity index (χ0n) is 14.7. The summed E-state index contributed by atoms with van der Waals surface area (Å²) in [6.45, 7) is 1.99. The van der Waals surface area contributed by atoms with E-state index < -0.39 is 0 Å². The molecular formula is C22H26N2O. The Kier molecular flexibility index (Phi) is 4.73. The van der Waals surface area contributed by atoms with E-state index in [0.717, 1.165) is 38.8 Å². The molecule has 1 amide bonds. The van der Waals surface area contributed by atoms with Crippen molar-refractivity contribution in [2.45, 2.75) is 44.1 Å². The first kappa shape index (κ1) is 16.2. The Labute approximate surface area is 150 Å². The number of carbonyl (C=O) groups excluding carboxylic acids is 1. The summed E-state index contributed by atoms with van der Waals surface area (Å²) in [6, 6.07) is 19.4. The third kappa shape index (κ3) is 3.71. The number of nitrogens with zero attached hydrogens (tertiary/aromatic N) is 1. The van der Waals surface area contributed by atoms with Crippen LogP contribution in [0.15, 0.2) is 54.6 Å². The second-order valence-corrected chi connectivity index (χ2v) is 7.33. The number of benzene rings is 2. The molecule has 1 saturated heterocycles. The fraction of sp³-hybridized carbons (Fsp3) is 0.409. The van der Waals surface area contributed by atoms with Crippen LogP contribution in [0.1, 0.15) is 42.7 Å². The monoisotopic (exact) mass is 334 g/mol. The van der Waals surface area contributed by atoms with Crippen molar-refractivity contribution in [2.24, 2.45) is 0 Å². The molecule has 3 heteroatoms. The number of fused-ring (bicyclic) bond motifs is 1. The molecule has 2 aromatic rings. The van der Waals surface area contributed by atoms with Gasteiger partial charge in [-0.15, -0.1) is 0 Å². The molecular weight excluding hydrogens is 308 g/mol. The zero-order chi connectivity index (χ0) is 17.1. The van der Waals surface area contributed by atoms with Crippen LogP contribution in [-0.2, 0) is 11.2 Å². The van der Waals surface area contributed by atoms with Crippen molar-refractivity contribution in [1.82, 2.24) is 5.32 Å². The van der Waals surface area contributed by atoms with Gasteiger partial charge in [0.05, 0.1) is 0 Å². The standard InChI is InChI=1S/C22H26N2O/c25-22(15-18-13-12-17-7-4-5-11-21(17)18)23-19-8-6-14-24(16-19)20-9-2-1-3-10-20/h1-5,7,9-11,18-19H,6,8,12-16H2,(H,23,25). The normalized spacial score (nSPS) is 22.5. The SMILES string of the molecule is O=C(CC1CCc2ccccc21)NC1CCCN(c2ccccc2)C1. The molecule has 2 aliphatic rings. The Morgan fingerprint density at radius 1 is 1.04 bits per heavy atom. The van der Waals surface area contributed by atoms with E-state index in [1.807, 2.05) is 6.07 Å². The summed E-state index contributed by atoms with van der Waals surface area (Å²) >= 11 is 0. The van der Waals surface area contributed by atoms with Gasteiger partial charge in [-0.3, -0.25) is 4.79 Å². The highest BCUT2D eigenvalue weighted by atomic mass is 16.1. The summed E-state index contributed by atoms with van der Waals surface area (Å²) in [5.41, 5.74) is 4.06. The lowest BCUT2D eigenvalue weighted by atomic mass is 9.97. The number of nitrogens with one attached hydrogen (secondary N) is 1. The number of piperidine rings is 1. The van der Waals surface area contributed by atoms with Crippen molar-refractivity contribution in [3.8, 4) is 0 Å². The minimum atomic E-state index is 0.210. The molecule has 1 aliphatic heterocycles. The molecule has 1 heterocycles. The zero-order valence-corrected chi connectivity index (χ0v) is 14.7. The van der Waals surface area contributed by atoms with E-state index in [1.165, 1.54) is 16.8 Å². The van der Waals surface area contributed by atoms with E-state index in [1.54, 1.807) is 0 Å². The molecule has 0 saturated carbocycles. The van der Waals surface area contributed by atoms with Gasteiger partial charge in [0.15, 0.2) is 0 Å². The maximum absolute atomic E-state index is 12.6. The van der Waals surface area contributed by atoms with Crippen LogP contribution < -0.4 is 10.2 Å². The maximum Gasteiger partial charge on any atom is 0.220 e. The summed E-state index contributed by atoms with van der Waals surface area (Å²) in [5.74, 6) is 0.603. The lowest BCUT2D eigenvalue weighted by molar-refractivity contribution is -0.122. The summed E-state index contributed by atoms with van der Waals surface area (Å²) in [5, 5.41) is 3.30. The average molecular weight is 334 g/mol. The Bertz CT molecular complexity index is 728. The molecule has 3 nitrogen and oxygen atoms in total. The third-order valence-electron chi connectivity index (χ3n) is 5.60. The van der Waals surface area contributed by atoms with Crippen molar-refractivity contribution < 1.29 is 4.79 Å². The highest BCUT2D eigenvalue weighted by Crippen LogP contribution is 2.35. The topological polar surface area (TPSA) is 32.3 Å². The number of rotatable bonds is 4. The third-order valence-corrected chi connectivity index (χ3v) is 5.60. The molecule has 0 bridgehead atoms. The number of aryl methyl sites for hydroxylation is 1. The molecule has 0 radical (unpaired) electrons. The first-order valence-electron chi connectivity index (χ1n) is 9.47. The van der Waals surface area contributed by atoms with Crippen molar-refractivity contribution in [3.63, 3.8) is 0 Å². The summed E-state index contributed by atoms with van der Waals surface area (Å²) < 4.78 is 0. The summed E-state index contributed by atoms with van der Waals surface area (Å²) in [6.07, 6.45) is 5.05. The Hall–Kier alpha value is -2.29.